The van der Waals surface area contributed by atoms with E-state index < -0.39 is 5.97 Å². The van der Waals surface area contributed by atoms with Gasteiger partial charge in [0, 0.05) is 19.3 Å². The van der Waals surface area contributed by atoms with Crippen molar-refractivity contribution < 1.29 is 14.6 Å². The number of rotatable bonds is 4. The van der Waals surface area contributed by atoms with Crippen molar-refractivity contribution in [3.63, 3.8) is 0 Å². The minimum absolute atomic E-state index is 0.330. The van der Waals surface area contributed by atoms with Gasteiger partial charge in [0.15, 0.2) is 0 Å². The van der Waals surface area contributed by atoms with Gasteiger partial charge in [-0.3, -0.25) is 0 Å². The Bertz CT molecular complexity index is 388. The zero-order chi connectivity index (χ0) is 12.3. The van der Waals surface area contributed by atoms with Crippen molar-refractivity contribution in [1.29, 1.82) is 0 Å². The van der Waals surface area contributed by atoms with E-state index in [1.807, 2.05) is 12.1 Å². The van der Waals surface area contributed by atoms with Gasteiger partial charge in [-0.25, -0.2) is 4.79 Å². The molecule has 4 nitrogen and oxygen atoms in total. The second kappa shape index (κ2) is 5.19. The summed E-state index contributed by atoms with van der Waals surface area (Å²) in [4.78, 5) is 13.1. The van der Waals surface area contributed by atoms with Gasteiger partial charge in [-0.15, -0.1) is 0 Å². The molecule has 1 fully saturated rings. The van der Waals surface area contributed by atoms with Crippen molar-refractivity contribution in [2.45, 2.75) is 18.9 Å². The molecule has 1 N–H and O–H groups in total. The fourth-order valence-corrected chi connectivity index (χ4v) is 2.34. The predicted octanol–water partition coefficient (Wildman–Crippen LogP) is 2.00. The summed E-state index contributed by atoms with van der Waals surface area (Å²) >= 11 is 0. The second-order valence-corrected chi connectivity index (χ2v) is 4.30. The van der Waals surface area contributed by atoms with Gasteiger partial charge < -0.3 is 14.7 Å². The lowest BCUT2D eigenvalue weighted by molar-refractivity contribution is 0.0697. The van der Waals surface area contributed by atoms with Crippen LogP contribution in [0.3, 0.4) is 0 Å². The third kappa shape index (κ3) is 2.58. The zero-order valence-corrected chi connectivity index (χ0v) is 9.93. The highest BCUT2D eigenvalue weighted by molar-refractivity contribution is 5.88. The van der Waals surface area contributed by atoms with E-state index in [0.29, 0.717) is 11.6 Å². The van der Waals surface area contributed by atoms with Crippen molar-refractivity contribution >= 4 is 11.7 Å². The average Bonchev–Trinajstić information content (AvgIpc) is 2.78. The molecule has 0 aliphatic carbocycles. The molecule has 0 spiro atoms. The molecule has 1 atom stereocenters. The molecule has 1 heterocycles. The van der Waals surface area contributed by atoms with Gasteiger partial charge in [0.25, 0.3) is 0 Å². The van der Waals surface area contributed by atoms with E-state index in [4.69, 9.17) is 9.84 Å². The molecule has 1 aliphatic heterocycles. The van der Waals surface area contributed by atoms with Crippen LogP contribution in [0.5, 0.6) is 0 Å². The Hall–Kier alpha value is -1.55. The number of ether oxygens (including phenoxy) is 1. The van der Waals surface area contributed by atoms with Gasteiger partial charge in [0.2, 0.25) is 0 Å². The van der Waals surface area contributed by atoms with Crippen LogP contribution < -0.4 is 4.90 Å². The van der Waals surface area contributed by atoms with E-state index in [-0.39, 0.29) is 0 Å². The van der Waals surface area contributed by atoms with E-state index in [0.717, 1.165) is 31.7 Å². The highest BCUT2D eigenvalue weighted by Crippen LogP contribution is 2.25. The highest BCUT2D eigenvalue weighted by Gasteiger charge is 2.24. The fraction of sp³-hybridized carbons (Fsp3) is 0.462. The van der Waals surface area contributed by atoms with Gasteiger partial charge in [-0.1, -0.05) is 0 Å². The topological polar surface area (TPSA) is 49.8 Å². The standard InChI is InChI=1S/C13H17NO3/c1-17-9-12-3-2-8-14(12)11-6-4-10(5-7-11)13(15)16/h4-7,12H,2-3,8-9H2,1H3,(H,15,16)/t12-/m1/s1. The Labute approximate surface area is 101 Å². The Morgan fingerprint density at radius 2 is 2.18 bits per heavy atom. The summed E-state index contributed by atoms with van der Waals surface area (Å²) < 4.78 is 5.20. The van der Waals surface area contributed by atoms with Crippen LogP contribution in [0.25, 0.3) is 0 Å². The average molecular weight is 235 g/mol. The van der Waals surface area contributed by atoms with E-state index in [1.54, 1.807) is 19.2 Å². The Balaban J connectivity index is 2.13. The van der Waals surface area contributed by atoms with Crippen LogP contribution in [-0.4, -0.2) is 37.4 Å². The molecule has 0 radical (unpaired) electrons. The highest BCUT2D eigenvalue weighted by atomic mass is 16.5. The summed E-state index contributed by atoms with van der Waals surface area (Å²) in [5.74, 6) is -0.883. The maximum absolute atomic E-state index is 10.8. The molecule has 1 aliphatic rings. The number of hydrogen-bond donors (Lipinski definition) is 1. The molecule has 1 saturated heterocycles. The molecular formula is C13H17NO3. The molecule has 0 amide bonds. The first-order valence-corrected chi connectivity index (χ1v) is 5.81. The number of carboxylic acids is 1. The first-order chi connectivity index (χ1) is 8.22. The smallest absolute Gasteiger partial charge is 0.335 e. The van der Waals surface area contributed by atoms with Crippen LogP contribution in [0.15, 0.2) is 24.3 Å². The first-order valence-electron chi connectivity index (χ1n) is 5.81. The summed E-state index contributed by atoms with van der Waals surface area (Å²) in [6.45, 7) is 1.74. The van der Waals surface area contributed by atoms with Crippen molar-refractivity contribution in [3.8, 4) is 0 Å². The van der Waals surface area contributed by atoms with Crippen molar-refractivity contribution in [2.75, 3.05) is 25.2 Å². The number of hydrogen-bond acceptors (Lipinski definition) is 3. The van der Waals surface area contributed by atoms with Crippen molar-refractivity contribution in [3.05, 3.63) is 29.8 Å². The van der Waals surface area contributed by atoms with Crippen molar-refractivity contribution in [2.24, 2.45) is 0 Å². The molecule has 2 rings (SSSR count). The fourth-order valence-electron chi connectivity index (χ4n) is 2.34. The minimum atomic E-state index is -0.883. The molecule has 4 heteroatoms. The minimum Gasteiger partial charge on any atom is -0.478 e. The molecule has 0 bridgehead atoms. The second-order valence-electron chi connectivity index (χ2n) is 4.30. The van der Waals surface area contributed by atoms with Crippen LogP contribution in [-0.2, 0) is 4.74 Å². The third-order valence-corrected chi connectivity index (χ3v) is 3.18. The predicted molar refractivity (Wildman–Crippen MR) is 65.6 cm³/mol. The molecule has 0 saturated carbocycles. The van der Waals surface area contributed by atoms with Gasteiger partial charge in [0.05, 0.1) is 18.2 Å². The van der Waals surface area contributed by atoms with Gasteiger partial charge >= 0.3 is 5.97 Å². The number of carbonyl (C=O) groups is 1. The van der Waals surface area contributed by atoms with E-state index in [1.165, 1.54) is 0 Å². The van der Waals surface area contributed by atoms with Crippen LogP contribution in [0.1, 0.15) is 23.2 Å². The van der Waals surface area contributed by atoms with Crippen LogP contribution in [0.4, 0.5) is 5.69 Å². The molecule has 0 aromatic heterocycles. The Morgan fingerprint density at radius 3 is 2.76 bits per heavy atom. The van der Waals surface area contributed by atoms with E-state index in [9.17, 15) is 4.79 Å². The zero-order valence-electron chi connectivity index (χ0n) is 9.93. The van der Waals surface area contributed by atoms with Gasteiger partial charge in [-0.05, 0) is 37.1 Å². The van der Waals surface area contributed by atoms with Crippen molar-refractivity contribution in [1.82, 2.24) is 0 Å². The molecule has 1 aromatic rings. The number of benzene rings is 1. The Morgan fingerprint density at radius 1 is 1.47 bits per heavy atom. The normalized spacial score (nSPS) is 19.6. The van der Waals surface area contributed by atoms with Crippen LogP contribution >= 0.6 is 0 Å². The maximum atomic E-state index is 10.8. The summed E-state index contributed by atoms with van der Waals surface area (Å²) in [5, 5.41) is 8.84. The maximum Gasteiger partial charge on any atom is 0.335 e. The molecule has 17 heavy (non-hydrogen) atoms. The monoisotopic (exact) mass is 235 g/mol. The van der Waals surface area contributed by atoms with E-state index in [2.05, 4.69) is 4.90 Å². The lowest BCUT2D eigenvalue weighted by atomic mass is 10.2. The molecule has 1 aromatic carbocycles. The third-order valence-electron chi connectivity index (χ3n) is 3.18. The quantitative estimate of drug-likeness (QED) is 0.867. The first kappa shape index (κ1) is 11.9. The summed E-state index contributed by atoms with van der Waals surface area (Å²) in [7, 11) is 1.71. The number of nitrogens with zero attached hydrogens (tertiary/aromatic N) is 1. The van der Waals surface area contributed by atoms with E-state index >= 15 is 0 Å². The SMILES string of the molecule is COC[C@H]1CCCN1c1ccc(C(=O)O)cc1. The number of anilines is 1. The molecular weight excluding hydrogens is 218 g/mol. The summed E-state index contributed by atoms with van der Waals surface area (Å²) in [6, 6.07) is 7.46. The van der Waals surface area contributed by atoms with Gasteiger partial charge in [-0.2, -0.15) is 0 Å². The van der Waals surface area contributed by atoms with Gasteiger partial charge in [0.1, 0.15) is 0 Å². The lowest BCUT2D eigenvalue weighted by Crippen LogP contribution is -2.32. The molecule has 92 valence electrons. The number of aromatic carboxylic acids is 1. The summed E-state index contributed by atoms with van der Waals surface area (Å²) in [6.07, 6.45) is 2.29. The number of methoxy groups -OCH3 is 1. The lowest BCUT2D eigenvalue weighted by Gasteiger charge is -2.26. The Kier molecular flexibility index (Phi) is 3.64. The summed E-state index contributed by atoms with van der Waals surface area (Å²) in [5.41, 5.74) is 1.41. The van der Waals surface area contributed by atoms with Crippen LogP contribution in [0, 0.1) is 0 Å². The largest absolute Gasteiger partial charge is 0.478 e. The molecule has 0 unspecified atom stereocenters. The number of carboxylic acid groups (broad SMARTS) is 1. The van der Waals surface area contributed by atoms with Crippen LogP contribution in [0.2, 0.25) is 0 Å².